The van der Waals surface area contributed by atoms with E-state index >= 15 is 0 Å². The fourth-order valence-corrected chi connectivity index (χ4v) is 3.39. The molecule has 2 rings (SSSR count). The molecular weight excluding hydrogens is 218 g/mol. The smallest absolute Gasteiger partial charge is 0.354 e. The number of oxime groups is 1. The highest BCUT2D eigenvalue weighted by Crippen LogP contribution is 2.49. The van der Waals surface area contributed by atoms with Gasteiger partial charge >= 0.3 is 5.97 Å². The molecule has 1 unspecified atom stereocenters. The molecule has 0 aromatic heterocycles. The summed E-state index contributed by atoms with van der Waals surface area (Å²) in [4.78, 5) is 16.9. The standard InChI is InChI=1S/C13H21NO3/c1-12(2,3)10-9(11(15)16)14-17-13(10)7-5-4-6-8-13/h10H,4-8H2,1-3H3,(H,15,16). The van der Waals surface area contributed by atoms with Gasteiger partial charge in [-0.3, -0.25) is 0 Å². The van der Waals surface area contributed by atoms with Gasteiger partial charge in [0.25, 0.3) is 0 Å². The molecule has 0 aromatic rings. The van der Waals surface area contributed by atoms with Gasteiger partial charge in [-0.2, -0.15) is 0 Å². The second-order valence-corrected chi connectivity index (χ2v) is 6.30. The number of hydrogen-bond acceptors (Lipinski definition) is 3. The van der Waals surface area contributed by atoms with Gasteiger partial charge < -0.3 is 9.94 Å². The molecule has 2 aliphatic rings. The van der Waals surface area contributed by atoms with Gasteiger partial charge in [0.15, 0.2) is 5.71 Å². The van der Waals surface area contributed by atoms with E-state index < -0.39 is 5.97 Å². The number of hydrogen-bond donors (Lipinski definition) is 1. The third-order valence-corrected chi connectivity index (χ3v) is 3.91. The largest absolute Gasteiger partial charge is 0.477 e. The zero-order chi connectivity index (χ0) is 12.7. The molecule has 4 nitrogen and oxygen atoms in total. The minimum Gasteiger partial charge on any atom is -0.477 e. The number of rotatable bonds is 1. The van der Waals surface area contributed by atoms with Crippen molar-refractivity contribution in [3.8, 4) is 0 Å². The van der Waals surface area contributed by atoms with E-state index in [1.807, 2.05) is 0 Å². The van der Waals surface area contributed by atoms with Gasteiger partial charge in [-0.15, -0.1) is 0 Å². The van der Waals surface area contributed by atoms with Crippen LogP contribution in [0.15, 0.2) is 5.16 Å². The Kier molecular flexibility index (Phi) is 2.92. The van der Waals surface area contributed by atoms with Crippen LogP contribution >= 0.6 is 0 Å². The van der Waals surface area contributed by atoms with Gasteiger partial charge in [0.2, 0.25) is 0 Å². The van der Waals surface area contributed by atoms with Crippen LogP contribution in [0.4, 0.5) is 0 Å². The van der Waals surface area contributed by atoms with Gasteiger partial charge in [-0.1, -0.05) is 32.3 Å². The monoisotopic (exact) mass is 239 g/mol. The molecule has 0 aromatic carbocycles. The summed E-state index contributed by atoms with van der Waals surface area (Å²) >= 11 is 0. The molecule has 1 aliphatic carbocycles. The summed E-state index contributed by atoms with van der Waals surface area (Å²) in [6, 6.07) is 0. The Bertz CT molecular complexity index is 348. The maximum absolute atomic E-state index is 11.3. The zero-order valence-electron chi connectivity index (χ0n) is 10.8. The second-order valence-electron chi connectivity index (χ2n) is 6.30. The molecule has 0 saturated heterocycles. The van der Waals surface area contributed by atoms with E-state index in [0.29, 0.717) is 0 Å². The van der Waals surface area contributed by atoms with E-state index in [1.165, 1.54) is 6.42 Å². The number of nitrogens with zero attached hydrogens (tertiary/aromatic N) is 1. The predicted octanol–water partition coefficient (Wildman–Crippen LogP) is 2.82. The van der Waals surface area contributed by atoms with Crippen LogP contribution < -0.4 is 0 Å². The van der Waals surface area contributed by atoms with Crippen LogP contribution in [-0.4, -0.2) is 22.4 Å². The number of aliphatic carboxylic acids is 1. The Labute approximate surface area is 102 Å². The van der Waals surface area contributed by atoms with Crippen molar-refractivity contribution in [2.24, 2.45) is 16.5 Å². The Hall–Kier alpha value is -1.06. The van der Waals surface area contributed by atoms with E-state index in [2.05, 4.69) is 25.9 Å². The lowest BCUT2D eigenvalue weighted by molar-refractivity contribution is -0.130. The first-order valence-corrected chi connectivity index (χ1v) is 6.36. The van der Waals surface area contributed by atoms with E-state index in [4.69, 9.17) is 4.84 Å². The quantitative estimate of drug-likeness (QED) is 0.765. The predicted molar refractivity (Wildman–Crippen MR) is 64.9 cm³/mol. The SMILES string of the molecule is CC(C)(C)C1C(C(=O)O)=NOC12CCCCC2. The molecule has 0 bridgehead atoms. The average molecular weight is 239 g/mol. The highest BCUT2D eigenvalue weighted by Gasteiger charge is 2.55. The van der Waals surface area contributed by atoms with Crippen molar-refractivity contribution in [2.75, 3.05) is 0 Å². The van der Waals surface area contributed by atoms with Crippen LogP contribution in [0.5, 0.6) is 0 Å². The molecule has 1 saturated carbocycles. The lowest BCUT2D eigenvalue weighted by Gasteiger charge is -2.42. The van der Waals surface area contributed by atoms with E-state index in [9.17, 15) is 9.90 Å². The first-order chi connectivity index (χ1) is 7.87. The van der Waals surface area contributed by atoms with Crippen molar-refractivity contribution in [1.29, 1.82) is 0 Å². The summed E-state index contributed by atoms with van der Waals surface area (Å²) in [6.45, 7) is 6.21. The van der Waals surface area contributed by atoms with Gasteiger partial charge in [0.05, 0.1) is 5.92 Å². The Morgan fingerprint density at radius 3 is 2.41 bits per heavy atom. The van der Waals surface area contributed by atoms with Crippen molar-refractivity contribution in [1.82, 2.24) is 0 Å². The minimum atomic E-state index is -0.938. The molecule has 0 radical (unpaired) electrons. The molecule has 1 atom stereocenters. The van der Waals surface area contributed by atoms with Crippen molar-refractivity contribution in [2.45, 2.75) is 58.5 Å². The minimum absolute atomic E-state index is 0.104. The van der Waals surface area contributed by atoms with Crippen molar-refractivity contribution < 1.29 is 14.7 Å². The highest BCUT2D eigenvalue weighted by atomic mass is 16.7. The van der Waals surface area contributed by atoms with Crippen LogP contribution in [0.1, 0.15) is 52.9 Å². The molecule has 96 valence electrons. The first kappa shape index (κ1) is 12.4. The van der Waals surface area contributed by atoms with Crippen LogP contribution in [0.2, 0.25) is 0 Å². The van der Waals surface area contributed by atoms with Gasteiger partial charge in [-0.05, 0) is 31.1 Å². The topological polar surface area (TPSA) is 58.9 Å². The molecule has 1 aliphatic heterocycles. The second kappa shape index (κ2) is 4.00. The number of carbonyl (C=O) groups is 1. The molecule has 0 amide bonds. The molecule has 1 N–H and O–H groups in total. The van der Waals surface area contributed by atoms with Crippen molar-refractivity contribution in [3.63, 3.8) is 0 Å². The van der Waals surface area contributed by atoms with Crippen LogP contribution in [0.3, 0.4) is 0 Å². The fraction of sp³-hybridized carbons (Fsp3) is 0.846. The summed E-state index contributed by atoms with van der Waals surface area (Å²) in [5, 5.41) is 13.1. The summed E-state index contributed by atoms with van der Waals surface area (Å²) in [5.41, 5.74) is -0.283. The van der Waals surface area contributed by atoms with Crippen molar-refractivity contribution >= 4 is 11.7 Å². The number of carboxylic acids is 1. The average Bonchev–Trinajstić information content (AvgIpc) is 2.58. The lowest BCUT2D eigenvalue weighted by atomic mass is 9.64. The Morgan fingerprint density at radius 1 is 1.35 bits per heavy atom. The molecule has 1 spiro atoms. The van der Waals surface area contributed by atoms with Crippen molar-refractivity contribution in [3.05, 3.63) is 0 Å². The third-order valence-electron chi connectivity index (χ3n) is 3.91. The molecule has 1 heterocycles. The van der Waals surface area contributed by atoms with Crippen LogP contribution in [-0.2, 0) is 9.63 Å². The highest BCUT2D eigenvalue weighted by molar-refractivity contribution is 6.37. The molecular formula is C13H21NO3. The van der Waals surface area contributed by atoms with E-state index in [1.54, 1.807) is 0 Å². The molecule has 4 heteroatoms. The third kappa shape index (κ3) is 2.05. The normalized spacial score (nSPS) is 27.7. The number of carboxylic acid groups (broad SMARTS) is 1. The van der Waals surface area contributed by atoms with Crippen LogP contribution in [0.25, 0.3) is 0 Å². The summed E-state index contributed by atoms with van der Waals surface area (Å²) in [5.74, 6) is -1.04. The molecule has 17 heavy (non-hydrogen) atoms. The Morgan fingerprint density at radius 2 is 1.94 bits per heavy atom. The lowest BCUT2D eigenvalue weighted by Crippen LogP contribution is -2.48. The zero-order valence-corrected chi connectivity index (χ0v) is 10.8. The molecule has 1 fully saturated rings. The summed E-state index contributed by atoms with van der Waals surface area (Å²) in [7, 11) is 0. The summed E-state index contributed by atoms with van der Waals surface area (Å²) < 4.78 is 0. The van der Waals surface area contributed by atoms with Gasteiger partial charge in [0.1, 0.15) is 5.60 Å². The fourth-order valence-electron chi connectivity index (χ4n) is 3.39. The Balaban J connectivity index is 2.34. The maximum Gasteiger partial charge on any atom is 0.354 e. The van der Waals surface area contributed by atoms with Crippen LogP contribution in [0, 0.1) is 11.3 Å². The van der Waals surface area contributed by atoms with E-state index in [-0.39, 0.29) is 22.6 Å². The van der Waals surface area contributed by atoms with E-state index in [0.717, 1.165) is 25.7 Å². The first-order valence-electron chi connectivity index (χ1n) is 6.36. The van der Waals surface area contributed by atoms with Gasteiger partial charge in [0, 0.05) is 0 Å². The van der Waals surface area contributed by atoms with Gasteiger partial charge in [-0.25, -0.2) is 4.79 Å². The maximum atomic E-state index is 11.3. The summed E-state index contributed by atoms with van der Waals surface area (Å²) in [6.07, 6.45) is 5.28.